The predicted octanol–water partition coefficient (Wildman–Crippen LogP) is 2.22. The SMILES string of the molecule is Cc1cc(/C=N/NC(=S)NCc2ccco2)c(C)[nH]1. The maximum Gasteiger partial charge on any atom is 0.187 e. The second-order valence-corrected chi connectivity index (χ2v) is 4.57. The van der Waals surface area contributed by atoms with Crippen molar-refractivity contribution in [3.8, 4) is 0 Å². The van der Waals surface area contributed by atoms with Crippen LogP contribution in [0.15, 0.2) is 34.0 Å². The Morgan fingerprint density at radius 2 is 2.37 bits per heavy atom. The number of rotatable bonds is 4. The normalized spacial score (nSPS) is 10.8. The van der Waals surface area contributed by atoms with E-state index in [1.165, 1.54) is 0 Å². The van der Waals surface area contributed by atoms with Gasteiger partial charge in [-0.2, -0.15) is 5.10 Å². The average Bonchev–Trinajstić information content (AvgIpc) is 2.97. The van der Waals surface area contributed by atoms with Gasteiger partial charge in [-0.05, 0) is 44.3 Å². The average molecular weight is 276 g/mol. The van der Waals surface area contributed by atoms with Crippen LogP contribution < -0.4 is 10.7 Å². The van der Waals surface area contributed by atoms with Crippen molar-refractivity contribution in [2.45, 2.75) is 20.4 Å². The number of furan rings is 1. The molecule has 19 heavy (non-hydrogen) atoms. The van der Waals surface area contributed by atoms with Crippen LogP contribution in [0.25, 0.3) is 0 Å². The molecule has 0 aliphatic rings. The van der Waals surface area contributed by atoms with Crippen LogP contribution in [0, 0.1) is 13.8 Å². The van der Waals surface area contributed by atoms with Crippen LogP contribution in [0.2, 0.25) is 0 Å². The van der Waals surface area contributed by atoms with Crippen molar-refractivity contribution < 1.29 is 4.42 Å². The van der Waals surface area contributed by atoms with E-state index in [9.17, 15) is 0 Å². The van der Waals surface area contributed by atoms with Crippen LogP contribution in [0.5, 0.6) is 0 Å². The lowest BCUT2D eigenvalue weighted by atomic mass is 10.3. The summed E-state index contributed by atoms with van der Waals surface area (Å²) < 4.78 is 5.18. The Kier molecular flexibility index (Phi) is 4.35. The first-order valence-electron chi connectivity index (χ1n) is 5.90. The Balaban J connectivity index is 1.78. The molecule has 2 rings (SSSR count). The Labute approximate surface area is 117 Å². The standard InChI is InChI=1S/C13H16N4OS/c1-9-6-11(10(2)16-9)7-15-17-13(19)14-8-12-4-3-5-18-12/h3-7,16H,8H2,1-2H3,(H2,14,17,19)/b15-7+. The fourth-order valence-electron chi connectivity index (χ4n) is 1.66. The summed E-state index contributed by atoms with van der Waals surface area (Å²) in [6.45, 7) is 4.55. The van der Waals surface area contributed by atoms with E-state index in [4.69, 9.17) is 16.6 Å². The third-order valence-corrected chi connectivity index (χ3v) is 2.80. The lowest BCUT2D eigenvalue weighted by Crippen LogP contribution is -2.31. The van der Waals surface area contributed by atoms with Gasteiger partial charge in [0.25, 0.3) is 0 Å². The number of hydrogen-bond acceptors (Lipinski definition) is 3. The van der Waals surface area contributed by atoms with Gasteiger partial charge in [-0.1, -0.05) is 0 Å². The summed E-state index contributed by atoms with van der Waals surface area (Å²) in [4.78, 5) is 3.21. The first kappa shape index (κ1) is 13.4. The van der Waals surface area contributed by atoms with Gasteiger partial charge < -0.3 is 14.7 Å². The van der Waals surface area contributed by atoms with Crippen LogP contribution in [0.3, 0.4) is 0 Å². The molecule has 2 aromatic heterocycles. The summed E-state index contributed by atoms with van der Waals surface area (Å²) in [6.07, 6.45) is 3.36. The van der Waals surface area contributed by atoms with Gasteiger partial charge in [0.15, 0.2) is 5.11 Å². The van der Waals surface area contributed by atoms with Crippen LogP contribution in [-0.4, -0.2) is 16.3 Å². The highest BCUT2D eigenvalue weighted by Gasteiger charge is 1.99. The molecule has 0 atom stereocenters. The number of aryl methyl sites for hydroxylation is 2. The molecule has 2 heterocycles. The second kappa shape index (κ2) is 6.19. The molecule has 0 fully saturated rings. The first-order chi connectivity index (χ1) is 9.15. The third-order valence-electron chi connectivity index (χ3n) is 2.56. The number of H-pyrrole nitrogens is 1. The van der Waals surface area contributed by atoms with E-state index < -0.39 is 0 Å². The van der Waals surface area contributed by atoms with Crippen LogP contribution >= 0.6 is 12.2 Å². The number of aromatic amines is 1. The van der Waals surface area contributed by atoms with Crippen molar-refractivity contribution >= 4 is 23.5 Å². The number of hydrazone groups is 1. The van der Waals surface area contributed by atoms with Crippen LogP contribution in [0.1, 0.15) is 22.7 Å². The molecule has 100 valence electrons. The lowest BCUT2D eigenvalue weighted by molar-refractivity contribution is 0.502. The molecular formula is C13H16N4OS. The molecule has 0 saturated carbocycles. The van der Waals surface area contributed by atoms with Crippen molar-refractivity contribution in [2.75, 3.05) is 0 Å². The predicted molar refractivity (Wildman–Crippen MR) is 79.1 cm³/mol. The molecule has 0 amide bonds. The van der Waals surface area contributed by atoms with Gasteiger partial charge >= 0.3 is 0 Å². The van der Waals surface area contributed by atoms with Gasteiger partial charge in [-0.3, -0.25) is 5.43 Å². The highest BCUT2D eigenvalue weighted by molar-refractivity contribution is 7.80. The molecule has 5 nitrogen and oxygen atoms in total. The monoisotopic (exact) mass is 276 g/mol. The molecule has 0 aliphatic heterocycles. The smallest absolute Gasteiger partial charge is 0.187 e. The van der Waals surface area contributed by atoms with Gasteiger partial charge in [-0.25, -0.2) is 0 Å². The van der Waals surface area contributed by atoms with Crippen molar-refractivity contribution in [1.29, 1.82) is 0 Å². The fourth-order valence-corrected chi connectivity index (χ4v) is 1.79. The zero-order valence-corrected chi connectivity index (χ0v) is 11.7. The second-order valence-electron chi connectivity index (χ2n) is 4.16. The van der Waals surface area contributed by atoms with Gasteiger partial charge in [0.05, 0.1) is 19.0 Å². The first-order valence-corrected chi connectivity index (χ1v) is 6.31. The molecule has 0 spiro atoms. The van der Waals surface area contributed by atoms with E-state index in [2.05, 4.69) is 20.8 Å². The largest absolute Gasteiger partial charge is 0.467 e. The Morgan fingerprint density at radius 1 is 1.53 bits per heavy atom. The molecule has 0 bridgehead atoms. The Hall–Kier alpha value is -2.08. The molecule has 2 aromatic rings. The number of aromatic nitrogens is 1. The molecule has 0 saturated heterocycles. The minimum atomic E-state index is 0.456. The summed E-state index contributed by atoms with van der Waals surface area (Å²) >= 11 is 5.10. The molecule has 3 N–H and O–H groups in total. The minimum Gasteiger partial charge on any atom is -0.467 e. The van der Waals surface area contributed by atoms with Crippen molar-refractivity contribution in [3.05, 3.63) is 47.2 Å². The van der Waals surface area contributed by atoms with Crippen molar-refractivity contribution in [2.24, 2.45) is 5.10 Å². The highest BCUT2D eigenvalue weighted by Crippen LogP contribution is 2.05. The van der Waals surface area contributed by atoms with Crippen LogP contribution in [-0.2, 0) is 6.54 Å². The third kappa shape index (κ3) is 3.96. The number of thiocarbonyl (C=S) groups is 1. The van der Waals surface area contributed by atoms with Crippen molar-refractivity contribution in [1.82, 2.24) is 15.7 Å². The molecule has 0 aliphatic carbocycles. The van der Waals surface area contributed by atoms with E-state index >= 15 is 0 Å². The summed E-state index contributed by atoms with van der Waals surface area (Å²) in [6, 6.07) is 5.74. The van der Waals surface area contributed by atoms with E-state index in [-0.39, 0.29) is 0 Å². The molecule has 0 unspecified atom stereocenters. The number of nitrogens with one attached hydrogen (secondary N) is 3. The topological polar surface area (TPSA) is 65.3 Å². The zero-order chi connectivity index (χ0) is 13.7. The Bertz CT molecular complexity index is 571. The minimum absolute atomic E-state index is 0.456. The quantitative estimate of drug-likeness (QED) is 0.455. The molecule has 6 heteroatoms. The summed E-state index contributed by atoms with van der Waals surface area (Å²) in [7, 11) is 0. The Morgan fingerprint density at radius 3 is 3.00 bits per heavy atom. The number of nitrogens with zero attached hydrogens (tertiary/aromatic N) is 1. The van der Waals surface area contributed by atoms with Gasteiger partial charge in [0, 0.05) is 17.0 Å². The van der Waals surface area contributed by atoms with E-state index in [1.54, 1.807) is 12.5 Å². The lowest BCUT2D eigenvalue weighted by Gasteiger charge is -2.04. The molecular weight excluding hydrogens is 260 g/mol. The highest BCUT2D eigenvalue weighted by atomic mass is 32.1. The zero-order valence-electron chi connectivity index (χ0n) is 10.9. The van der Waals surface area contributed by atoms with E-state index in [0.29, 0.717) is 11.7 Å². The molecule has 0 aromatic carbocycles. The summed E-state index contributed by atoms with van der Waals surface area (Å²) in [5.74, 6) is 0.824. The summed E-state index contributed by atoms with van der Waals surface area (Å²) in [5.41, 5.74) is 5.99. The maximum absolute atomic E-state index is 5.18. The van der Waals surface area contributed by atoms with Gasteiger partial charge in [0.2, 0.25) is 0 Å². The van der Waals surface area contributed by atoms with Crippen molar-refractivity contribution in [3.63, 3.8) is 0 Å². The van der Waals surface area contributed by atoms with Gasteiger partial charge in [0.1, 0.15) is 5.76 Å². The van der Waals surface area contributed by atoms with Crippen LogP contribution in [0.4, 0.5) is 0 Å². The van der Waals surface area contributed by atoms with Gasteiger partial charge in [-0.15, -0.1) is 0 Å². The van der Waals surface area contributed by atoms with E-state index in [0.717, 1.165) is 22.7 Å². The molecule has 0 radical (unpaired) electrons. The number of hydrogen-bond donors (Lipinski definition) is 3. The van der Waals surface area contributed by atoms with E-state index in [1.807, 2.05) is 32.0 Å². The maximum atomic E-state index is 5.18. The fraction of sp³-hybridized carbons (Fsp3) is 0.231. The summed E-state index contributed by atoms with van der Waals surface area (Å²) in [5, 5.41) is 7.54.